The third-order valence-corrected chi connectivity index (χ3v) is 3.28. The highest BCUT2D eigenvalue weighted by molar-refractivity contribution is 9.10. The van der Waals surface area contributed by atoms with Crippen LogP contribution in [0.25, 0.3) is 0 Å². The molecule has 0 fully saturated rings. The smallest absolute Gasteiger partial charge is 0.0589 e. The molecule has 4 nitrogen and oxygen atoms in total. The molecule has 1 aromatic rings. The first-order chi connectivity index (χ1) is 9.15. The van der Waals surface area contributed by atoms with E-state index in [9.17, 15) is 0 Å². The predicted octanol–water partition coefficient (Wildman–Crippen LogP) is 2.52. The van der Waals surface area contributed by atoms with E-state index in [1.807, 2.05) is 12.1 Å². The summed E-state index contributed by atoms with van der Waals surface area (Å²) < 4.78 is 11.3. The maximum atomic E-state index is 5.86. The molecule has 19 heavy (non-hydrogen) atoms. The lowest BCUT2D eigenvalue weighted by Gasteiger charge is -2.22. The number of hydrogen-bond acceptors (Lipinski definition) is 4. The van der Waals surface area contributed by atoms with Crippen molar-refractivity contribution in [3.05, 3.63) is 28.2 Å². The third kappa shape index (κ3) is 6.92. The fourth-order valence-corrected chi connectivity index (χ4v) is 2.51. The van der Waals surface area contributed by atoms with Crippen LogP contribution in [-0.2, 0) is 16.0 Å². The average Bonchev–Trinajstić information content (AvgIpc) is 2.34. The van der Waals surface area contributed by atoms with Crippen LogP contribution in [0.3, 0.4) is 0 Å². The van der Waals surface area contributed by atoms with Gasteiger partial charge >= 0.3 is 0 Å². The molecule has 0 heterocycles. The summed E-state index contributed by atoms with van der Waals surface area (Å²) in [5, 5.41) is 0. The van der Waals surface area contributed by atoms with E-state index in [4.69, 9.17) is 15.2 Å². The van der Waals surface area contributed by atoms with Gasteiger partial charge in [-0.2, -0.15) is 0 Å². The summed E-state index contributed by atoms with van der Waals surface area (Å²) in [5.74, 6) is 0. The van der Waals surface area contributed by atoms with Crippen molar-refractivity contribution < 1.29 is 9.47 Å². The van der Waals surface area contributed by atoms with Crippen LogP contribution in [0.15, 0.2) is 22.7 Å². The first-order valence-electron chi connectivity index (χ1n) is 6.41. The number of hydrogen-bond donors (Lipinski definition) is 1. The highest BCUT2D eigenvalue weighted by atomic mass is 79.9. The van der Waals surface area contributed by atoms with Gasteiger partial charge in [0.05, 0.1) is 6.61 Å². The number of nitrogens with zero attached hydrogens (tertiary/aromatic N) is 1. The Labute approximate surface area is 124 Å². The van der Waals surface area contributed by atoms with Crippen molar-refractivity contribution in [3.63, 3.8) is 0 Å². The van der Waals surface area contributed by atoms with Gasteiger partial charge in [0.25, 0.3) is 0 Å². The van der Waals surface area contributed by atoms with Crippen LogP contribution < -0.4 is 5.73 Å². The van der Waals surface area contributed by atoms with E-state index in [1.165, 1.54) is 5.56 Å². The summed E-state index contributed by atoms with van der Waals surface area (Å²) in [5.41, 5.74) is 7.86. The summed E-state index contributed by atoms with van der Waals surface area (Å²) >= 11 is 3.48. The highest BCUT2D eigenvalue weighted by Crippen LogP contribution is 2.18. The molecule has 0 aliphatic heterocycles. The summed E-state index contributed by atoms with van der Waals surface area (Å²) in [7, 11) is 3.46. The van der Waals surface area contributed by atoms with Crippen molar-refractivity contribution in [2.24, 2.45) is 0 Å². The van der Waals surface area contributed by atoms with Crippen LogP contribution in [0.5, 0.6) is 0 Å². The lowest BCUT2D eigenvalue weighted by Crippen LogP contribution is -2.28. The van der Waals surface area contributed by atoms with Gasteiger partial charge in [0.1, 0.15) is 0 Å². The Morgan fingerprint density at radius 3 is 2.47 bits per heavy atom. The molecule has 0 atom stereocenters. The molecule has 0 aromatic heterocycles. The fourth-order valence-electron chi connectivity index (χ4n) is 1.95. The Hall–Kier alpha value is -0.620. The van der Waals surface area contributed by atoms with Crippen molar-refractivity contribution in [2.75, 3.05) is 46.3 Å². The van der Waals surface area contributed by atoms with Crippen molar-refractivity contribution >= 4 is 21.6 Å². The van der Waals surface area contributed by atoms with Gasteiger partial charge in [-0.05, 0) is 30.2 Å². The Morgan fingerprint density at radius 2 is 1.84 bits per heavy atom. The number of methoxy groups -OCH3 is 2. The number of halogens is 1. The fraction of sp³-hybridized carbons (Fsp3) is 0.571. The molecule has 0 saturated carbocycles. The SMILES string of the molecule is COCCCN(CCOC)Cc1cc(N)cc(Br)c1. The van der Waals surface area contributed by atoms with Crippen LogP contribution in [0, 0.1) is 0 Å². The van der Waals surface area contributed by atoms with Crippen LogP contribution >= 0.6 is 15.9 Å². The second kappa shape index (κ2) is 9.31. The molecule has 0 aliphatic rings. The van der Waals surface area contributed by atoms with Crippen LogP contribution in [-0.4, -0.2) is 45.4 Å². The van der Waals surface area contributed by atoms with Gasteiger partial charge in [0.15, 0.2) is 0 Å². The van der Waals surface area contributed by atoms with E-state index in [2.05, 4.69) is 26.9 Å². The molecule has 108 valence electrons. The molecule has 1 aromatic carbocycles. The number of ether oxygens (including phenoxy) is 2. The lowest BCUT2D eigenvalue weighted by atomic mass is 10.2. The molecule has 0 radical (unpaired) electrons. The maximum Gasteiger partial charge on any atom is 0.0589 e. The maximum absolute atomic E-state index is 5.86. The molecular formula is C14H23BrN2O2. The summed E-state index contributed by atoms with van der Waals surface area (Å²) in [6.45, 7) is 4.29. The van der Waals surface area contributed by atoms with Gasteiger partial charge in [-0.25, -0.2) is 0 Å². The van der Waals surface area contributed by atoms with Gasteiger partial charge in [0.2, 0.25) is 0 Å². The van der Waals surface area contributed by atoms with Crippen molar-refractivity contribution in [1.82, 2.24) is 4.90 Å². The largest absolute Gasteiger partial charge is 0.399 e. The van der Waals surface area contributed by atoms with Crippen molar-refractivity contribution in [3.8, 4) is 0 Å². The number of rotatable bonds is 9. The van der Waals surface area contributed by atoms with Gasteiger partial charge in [-0.1, -0.05) is 15.9 Å². The minimum atomic E-state index is 0.733. The second-order valence-corrected chi connectivity index (χ2v) is 5.42. The summed E-state index contributed by atoms with van der Waals surface area (Å²) in [4.78, 5) is 2.35. The lowest BCUT2D eigenvalue weighted by molar-refractivity contribution is 0.129. The van der Waals surface area contributed by atoms with E-state index in [0.717, 1.165) is 49.4 Å². The van der Waals surface area contributed by atoms with Gasteiger partial charge < -0.3 is 15.2 Å². The molecule has 0 spiro atoms. The number of nitrogens with two attached hydrogens (primary N) is 1. The monoisotopic (exact) mass is 330 g/mol. The highest BCUT2D eigenvalue weighted by Gasteiger charge is 2.07. The van der Waals surface area contributed by atoms with Crippen LogP contribution in [0.1, 0.15) is 12.0 Å². The number of benzene rings is 1. The minimum absolute atomic E-state index is 0.733. The zero-order valence-electron chi connectivity index (χ0n) is 11.7. The first kappa shape index (κ1) is 16.4. The van der Waals surface area contributed by atoms with Gasteiger partial charge in [0, 0.05) is 50.6 Å². The second-order valence-electron chi connectivity index (χ2n) is 4.51. The standard InChI is InChI=1S/C14H23BrN2O2/c1-18-6-3-4-17(5-7-19-2)11-12-8-13(15)10-14(16)9-12/h8-10H,3-7,11,16H2,1-2H3. The predicted molar refractivity (Wildman–Crippen MR) is 82.2 cm³/mol. The first-order valence-corrected chi connectivity index (χ1v) is 7.20. The Kier molecular flexibility index (Phi) is 8.05. The Bertz CT molecular complexity index is 354. The van der Waals surface area contributed by atoms with Crippen LogP contribution in [0.2, 0.25) is 0 Å². The van der Waals surface area contributed by atoms with E-state index < -0.39 is 0 Å². The van der Waals surface area contributed by atoms with Crippen LogP contribution in [0.4, 0.5) is 5.69 Å². The minimum Gasteiger partial charge on any atom is -0.399 e. The summed E-state index contributed by atoms with van der Waals surface area (Å²) in [6.07, 6.45) is 1.02. The van der Waals surface area contributed by atoms with Crippen molar-refractivity contribution in [1.29, 1.82) is 0 Å². The molecule has 0 aliphatic carbocycles. The molecule has 2 N–H and O–H groups in total. The number of nitrogen functional groups attached to an aromatic ring is 1. The Morgan fingerprint density at radius 1 is 1.11 bits per heavy atom. The van der Waals surface area contributed by atoms with E-state index >= 15 is 0 Å². The molecule has 0 saturated heterocycles. The molecular weight excluding hydrogens is 308 g/mol. The van der Waals surface area contributed by atoms with E-state index in [-0.39, 0.29) is 0 Å². The Balaban J connectivity index is 2.58. The normalized spacial score (nSPS) is 11.2. The molecule has 5 heteroatoms. The topological polar surface area (TPSA) is 47.7 Å². The molecule has 0 bridgehead atoms. The van der Waals surface area contributed by atoms with E-state index in [1.54, 1.807) is 14.2 Å². The van der Waals surface area contributed by atoms with E-state index in [0.29, 0.717) is 0 Å². The molecule has 0 amide bonds. The average molecular weight is 331 g/mol. The van der Waals surface area contributed by atoms with Crippen molar-refractivity contribution in [2.45, 2.75) is 13.0 Å². The number of anilines is 1. The molecule has 0 unspecified atom stereocenters. The summed E-state index contributed by atoms with van der Waals surface area (Å²) in [6, 6.07) is 6.03. The zero-order chi connectivity index (χ0) is 14.1. The quantitative estimate of drug-likeness (QED) is 0.558. The molecule has 1 rings (SSSR count). The third-order valence-electron chi connectivity index (χ3n) is 2.82. The van der Waals surface area contributed by atoms with Gasteiger partial charge in [-0.3, -0.25) is 4.90 Å². The zero-order valence-corrected chi connectivity index (χ0v) is 13.3. The van der Waals surface area contributed by atoms with Gasteiger partial charge in [-0.15, -0.1) is 0 Å².